The highest BCUT2D eigenvalue weighted by Crippen LogP contribution is 2.11. The zero-order valence-electron chi connectivity index (χ0n) is 14.0. The second-order valence-electron chi connectivity index (χ2n) is 6.51. The van der Waals surface area contributed by atoms with E-state index >= 15 is 0 Å². The van der Waals surface area contributed by atoms with Crippen LogP contribution in [0.5, 0.6) is 0 Å². The fraction of sp³-hybridized carbons (Fsp3) is 0.316. The molecule has 1 fully saturated rings. The summed E-state index contributed by atoms with van der Waals surface area (Å²) in [5, 5.41) is 3.42. The smallest absolute Gasteiger partial charge is 0.279 e. The molecule has 1 aliphatic heterocycles. The van der Waals surface area contributed by atoms with Crippen LogP contribution in [0, 0.1) is 5.82 Å². The second-order valence-corrected chi connectivity index (χ2v) is 6.94. The first kappa shape index (κ1) is 17.9. The molecule has 1 aliphatic rings. The Balaban J connectivity index is 1.43. The van der Waals surface area contributed by atoms with Crippen molar-refractivity contribution in [3.8, 4) is 0 Å². The molecule has 2 aromatic carbocycles. The summed E-state index contributed by atoms with van der Waals surface area (Å²) in [7, 11) is 0. The van der Waals surface area contributed by atoms with Crippen LogP contribution in [0.25, 0.3) is 0 Å². The Morgan fingerprint density at radius 1 is 1.00 bits per heavy atom. The number of para-hydroxylation sites is 1. The van der Waals surface area contributed by atoms with Crippen LogP contribution in [0.2, 0.25) is 5.02 Å². The Morgan fingerprint density at radius 3 is 2.32 bits per heavy atom. The maximum atomic E-state index is 13.6. The maximum absolute atomic E-state index is 13.6. The van der Waals surface area contributed by atoms with Crippen molar-refractivity contribution in [3.63, 3.8) is 0 Å². The van der Waals surface area contributed by atoms with E-state index in [1.165, 1.54) is 21.4 Å². The van der Waals surface area contributed by atoms with E-state index in [1.54, 1.807) is 18.2 Å². The quantitative estimate of drug-likeness (QED) is 0.707. The zero-order valence-corrected chi connectivity index (χ0v) is 14.8. The number of hydrogen-bond donors (Lipinski definition) is 3. The van der Waals surface area contributed by atoms with Crippen LogP contribution in [0.3, 0.4) is 0 Å². The van der Waals surface area contributed by atoms with Crippen LogP contribution in [-0.2, 0) is 11.3 Å². The summed E-state index contributed by atoms with van der Waals surface area (Å²) in [6.45, 7) is 5.27. The van der Waals surface area contributed by atoms with Gasteiger partial charge < -0.3 is 15.1 Å². The van der Waals surface area contributed by atoms with Crippen LogP contribution < -0.4 is 15.1 Å². The Labute approximate surface area is 152 Å². The molecule has 0 spiro atoms. The number of benzene rings is 2. The number of piperazine rings is 1. The number of amides is 1. The molecule has 3 N–H and O–H groups in total. The van der Waals surface area contributed by atoms with Gasteiger partial charge in [0.2, 0.25) is 0 Å². The number of hydrogen-bond acceptors (Lipinski definition) is 1. The molecule has 25 heavy (non-hydrogen) atoms. The average molecular weight is 364 g/mol. The van der Waals surface area contributed by atoms with Gasteiger partial charge in [0.1, 0.15) is 38.5 Å². The molecule has 0 aromatic heterocycles. The fourth-order valence-electron chi connectivity index (χ4n) is 3.19. The summed E-state index contributed by atoms with van der Waals surface area (Å²) in [5.74, 6) is -0.538. The third-order valence-corrected chi connectivity index (χ3v) is 4.84. The first-order valence-electron chi connectivity index (χ1n) is 8.56. The molecule has 1 amide bonds. The van der Waals surface area contributed by atoms with Gasteiger partial charge in [-0.1, -0.05) is 35.9 Å². The SMILES string of the molecule is O=C(C[NH+]1CC[NH+](Cc2ccc(Cl)cc2)CC1)Nc1ccccc1F. The molecule has 1 saturated heterocycles. The van der Waals surface area contributed by atoms with E-state index in [0.29, 0.717) is 6.54 Å². The molecular weight excluding hydrogens is 341 g/mol. The van der Waals surface area contributed by atoms with E-state index in [1.807, 2.05) is 12.1 Å². The van der Waals surface area contributed by atoms with Gasteiger partial charge in [0.25, 0.3) is 5.91 Å². The molecule has 0 unspecified atom stereocenters. The van der Waals surface area contributed by atoms with E-state index in [2.05, 4.69) is 17.4 Å². The standard InChI is InChI=1S/C19H21ClFN3O/c20-16-7-5-15(6-8-16)13-23-9-11-24(12-10-23)14-19(25)22-18-4-2-1-3-17(18)21/h1-8H,9-14H2,(H,22,25)/p+2. The largest absolute Gasteiger partial charge is 0.322 e. The highest BCUT2D eigenvalue weighted by atomic mass is 35.5. The minimum Gasteiger partial charge on any atom is -0.322 e. The van der Waals surface area contributed by atoms with Crippen molar-refractivity contribution in [2.45, 2.75) is 6.54 Å². The molecule has 1 heterocycles. The van der Waals surface area contributed by atoms with Gasteiger partial charge in [-0.15, -0.1) is 0 Å². The van der Waals surface area contributed by atoms with Gasteiger partial charge in [0.15, 0.2) is 6.54 Å². The molecule has 2 aromatic rings. The van der Waals surface area contributed by atoms with Gasteiger partial charge in [-0.25, -0.2) is 4.39 Å². The van der Waals surface area contributed by atoms with Crippen molar-refractivity contribution >= 4 is 23.2 Å². The Hall–Kier alpha value is -1.95. The number of halogens is 2. The molecule has 6 heteroatoms. The van der Waals surface area contributed by atoms with Crippen LogP contribution in [0.15, 0.2) is 48.5 Å². The average Bonchev–Trinajstić information content (AvgIpc) is 2.61. The summed E-state index contributed by atoms with van der Waals surface area (Å²) in [5.41, 5.74) is 1.53. The minimum atomic E-state index is -0.400. The summed E-state index contributed by atoms with van der Waals surface area (Å²) in [6.07, 6.45) is 0. The van der Waals surface area contributed by atoms with E-state index in [4.69, 9.17) is 11.6 Å². The van der Waals surface area contributed by atoms with Crippen molar-refractivity contribution in [1.29, 1.82) is 0 Å². The maximum Gasteiger partial charge on any atom is 0.279 e. The summed E-state index contributed by atoms with van der Waals surface area (Å²) < 4.78 is 13.6. The fourth-order valence-corrected chi connectivity index (χ4v) is 3.31. The van der Waals surface area contributed by atoms with Crippen LogP contribution >= 0.6 is 11.6 Å². The summed E-state index contributed by atoms with van der Waals surface area (Å²) in [6, 6.07) is 14.2. The first-order valence-corrected chi connectivity index (χ1v) is 8.94. The second kappa shape index (κ2) is 8.43. The summed E-state index contributed by atoms with van der Waals surface area (Å²) in [4.78, 5) is 14.9. The lowest BCUT2D eigenvalue weighted by Crippen LogP contribution is -3.28. The van der Waals surface area contributed by atoms with Crippen molar-refractivity contribution in [3.05, 3.63) is 64.9 Å². The molecule has 0 aliphatic carbocycles. The molecule has 0 bridgehead atoms. The lowest BCUT2D eigenvalue weighted by molar-refractivity contribution is -1.02. The van der Waals surface area contributed by atoms with Crippen molar-refractivity contribution < 1.29 is 19.0 Å². The van der Waals surface area contributed by atoms with E-state index in [0.717, 1.165) is 37.7 Å². The number of carbonyl (C=O) groups is 1. The Kier molecular flexibility index (Phi) is 6.02. The highest BCUT2D eigenvalue weighted by Gasteiger charge is 2.25. The molecule has 0 saturated carbocycles. The normalized spacial score (nSPS) is 20.2. The van der Waals surface area contributed by atoms with Crippen LogP contribution in [0.4, 0.5) is 10.1 Å². The number of anilines is 1. The molecule has 0 radical (unpaired) electrons. The minimum absolute atomic E-state index is 0.138. The molecular formula is C19H23ClFN3O+2. The lowest BCUT2D eigenvalue weighted by Gasteiger charge is -2.29. The van der Waals surface area contributed by atoms with Gasteiger partial charge in [-0.05, 0) is 24.3 Å². The Morgan fingerprint density at radius 2 is 1.64 bits per heavy atom. The van der Waals surface area contributed by atoms with Crippen LogP contribution in [-0.4, -0.2) is 38.6 Å². The highest BCUT2D eigenvalue weighted by molar-refractivity contribution is 6.30. The van der Waals surface area contributed by atoms with Crippen LogP contribution in [0.1, 0.15) is 5.56 Å². The molecule has 132 valence electrons. The number of nitrogens with one attached hydrogen (secondary N) is 3. The van der Waals surface area contributed by atoms with E-state index < -0.39 is 5.82 Å². The number of carbonyl (C=O) groups excluding carboxylic acids is 1. The zero-order chi connectivity index (χ0) is 17.6. The third-order valence-electron chi connectivity index (χ3n) is 4.59. The number of quaternary nitrogens is 2. The van der Waals surface area contributed by atoms with Gasteiger partial charge >= 0.3 is 0 Å². The predicted octanol–water partition coefficient (Wildman–Crippen LogP) is 0.401. The first-order chi connectivity index (χ1) is 12.1. The summed E-state index contributed by atoms with van der Waals surface area (Å²) >= 11 is 5.92. The van der Waals surface area contributed by atoms with Gasteiger partial charge in [-0.2, -0.15) is 0 Å². The number of rotatable bonds is 5. The van der Waals surface area contributed by atoms with Gasteiger partial charge in [0.05, 0.1) is 5.69 Å². The van der Waals surface area contributed by atoms with Crippen molar-refractivity contribution in [2.75, 3.05) is 38.0 Å². The molecule has 3 rings (SSSR count). The van der Waals surface area contributed by atoms with E-state index in [-0.39, 0.29) is 11.6 Å². The predicted molar refractivity (Wildman–Crippen MR) is 96.4 cm³/mol. The van der Waals surface area contributed by atoms with Crippen molar-refractivity contribution in [1.82, 2.24) is 0 Å². The molecule has 4 nitrogen and oxygen atoms in total. The van der Waals surface area contributed by atoms with E-state index in [9.17, 15) is 9.18 Å². The molecule has 0 atom stereocenters. The monoisotopic (exact) mass is 363 g/mol. The third kappa shape index (κ3) is 5.26. The van der Waals surface area contributed by atoms with Crippen molar-refractivity contribution in [2.24, 2.45) is 0 Å². The topological polar surface area (TPSA) is 38.0 Å². The van der Waals surface area contributed by atoms with Gasteiger partial charge in [0, 0.05) is 10.6 Å². The lowest BCUT2D eigenvalue weighted by atomic mass is 10.2. The van der Waals surface area contributed by atoms with Gasteiger partial charge in [-0.3, -0.25) is 4.79 Å². The Bertz CT molecular complexity index is 715.